The Morgan fingerprint density at radius 3 is 2.67 bits per heavy atom. The molecule has 0 spiro atoms. The number of rotatable bonds is 5. The summed E-state index contributed by atoms with van der Waals surface area (Å²) in [5.41, 5.74) is 1.11. The van der Waals surface area contributed by atoms with Crippen LogP contribution in [0.5, 0.6) is 0 Å². The molecule has 4 nitrogen and oxygen atoms in total. The zero-order valence-corrected chi connectivity index (χ0v) is 13.9. The third-order valence-corrected chi connectivity index (χ3v) is 4.59. The Labute approximate surface area is 132 Å². The summed E-state index contributed by atoms with van der Waals surface area (Å²) in [6, 6.07) is 2.75. The number of hydrogen-bond donors (Lipinski definition) is 0. The Morgan fingerprint density at radius 1 is 1.43 bits per heavy atom. The Bertz CT molecular complexity index is 772. The maximum Gasteiger partial charge on any atom is 0.147 e. The largest absolute Gasteiger partial charge is 0.327 e. The SMILES string of the molecule is CC(Cl)c1nc2cc(F)c(Cl)cc2n1CCCS(C)(=O)=O. The molecule has 0 saturated heterocycles. The first-order chi connectivity index (χ1) is 9.69. The van der Waals surface area contributed by atoms with E-state index in [0.29, 0.717) is 29.8 Å². The van der Waals surface area contributed by atoms with Gasteiger partial charge in [0.1, 0.15) is 21.5 Å². The second-order valence-corrected chi connectivity index (χ2v) is 8.30. The van der Waals surface area contributed by atoms with Gasteiger partial charge in [0.15, 0.2) is 0 Å². The zero-order chi connectivity index (χ0) is 15.8. The molecule has 0 aliphatic rings. The van der Waals surface area contributed by atoms with E-state index in [-0.39, 0.29) is 16.2 Å². The third-order valence-electron chi connectivity index (χ3n) is 3.07. The lowest BCUT2D eigenvalue weighted by atomic mass is 10.3. The molecule has 116 valence electrons. The van der Waals surface area contributed by atoms with E-state index in [1.165, 1.54) is 18.4 Å². The molecule has 1 aromatic carbocycles. The molecule has 0 radical (unpaired) electrons. The summed E-state index contributed by atoms with van der Waals surface area (Å²) >= 11 is 11.9. The van der Waals surface area contributed by atoms with E-state index in [1.807, 2.05) is 0 Å². The normalized spacial score (nSPS) is 13.8. The van der Waals surface area contributed by atoms with Crippen molar-refractivity contribution in [1.82, 2.24) is 9.55 Å². The fourth-order valence-corrected chi connectivity index (χ4v) is 3.14. The Kier molecular flexibility index (Phi) is 4.80. The fourth-order valence-electron chi connectivity index (χ4n) is 2.16. The molecule has 0 saturated carbocycles. The molecule has 0 fully saturated rings. The van der Waals surface area contributed by atoms with E-state index in [9.17, 15) is 12.8 Å². The van der Waals surface area contributed by atoms with Gasteiger partial charge >= 0.3 is 0 Å². The minimum absolute atomic E-state index is 0.000499. The van der Waals surface area contributed by atoms with Gasteiger partial charge in [-0.3, -0.25) is 0 Å². The van der Waals surface area contributed by atoms with Gasteiger partial charge in [-0.05, 0) is 19.4 Å². The van der Waals surface area contributed by atoms with Crippen LogP contribution in [0.25, 0.3) is 11.0 Å². The van der Waals surface area contributed by atoms with Crippen LogP contribution in [0.15, 0.2) is 12.1 Å². The summed E-state index contributed by atoms with van der Waals surface area (Å²) in [7, 11) is -3.03. The molecule has 0 bridgehead atoms. The van der Waals surface area contributed by atoms with E-state index in [0.717, 1.165) is 0 Å². The van der Waals surface area contributed by atoms with Gasteiger partial charge in [-0.25, -0.2) is 17.8 Å². The van der Waals surface area contributed by atoms with Gasteiger partial charge in [-0.2, -0.15) is 0 Å². The number of aromatic nitrogens is 2. The summed E-state index contributed by atoms with van der Waals surface area (Å²) < 4.78 is 37.7. The number of fused-ring (bicyclic) bond motifs is 1. The summed E-state index contributed by atoms with van der Waals surface area (Å²) in [5.74, 6) is 0.0955. The molecule has 1 atom stereocenters. The van der Waals surface area contributed by atoms with Gasteiger partial charge in [0, 0.05) is 18.9 Å². The standard InChI is InChI=1S/C13H15Cl2FN2O2S/c1-8(14)13-17-11-7-10(16)9(15)6-12(11)18(13)4-3-5-21(2,19)20/h6-8H,3-5H2,1-2H3. The van der Waals surface area contributed by atoms with Gasteiger partial charge in [-0.1, -0.05) is 11.6 Å². The Morgan fingerprint density at radius 2 is 2.10 bits per heavy atom. The van der Waals surface area contributed by atoms with Crippen molar-refractivity contribution in [2.45, 2.75) is 25.3 Å². The van der Waals surface area contributed by atoms with Gasteiger partial charge in [0.25, 0.3) is 0 Å². The minimum atomic E-state index is -3.03. The average molecular weight is 353 g/mol. The van der Waals surface area contributed by atoms with Crippen molar-refractivity contribution in [2.24, 2.45) is 0 Å². The van der Waals surface area contributed by atoms with E-state index >= 15 is 0 Å². The van der Waals surface area contributed by atoms with Crippen molar-refractivity contribution in [1.29, 1.82) is 0 Å². The predicted octanol–water partition coefficient (Wildman–Crippen LogP) is 3.56. The van der Waals surface area contributed by atoms with Gasteiger partial charge in [0.2, 0.25) is 0 Å². The van der Waals surface area contributed by atoms with Crippen LogP contribution < -0.4 is 0 Å². The van der Waals surface area contributed by atoms with E-state index in [2.05, 4.69) is 4.98 Å². The predicted molar refractivity (Wildman–Crippen MR) is 83.3 cm³/mol. The maximum atomic E-state index is 13.5. The van der Waals surface area contributed by atoms with Gasteiger partial charge in [0.05, 0.1) is 27.2 Å². The van der Waals surface area contributed by atoms with Crippen LogP contribution in [-0.4, -0.2) is 30.0 Å². The Balaban J connectivity index is 2.43. The van der Waals surface area contributed by atoms with Crippen LogP contribution in [0, 0.1) is 5.82 Å². The molecule has 0 aliphatic carbocycles. The number of aryl methyl sites for hydroxylation is 1. The van der Waals surface area contributed by atoms with E-state index in [4.69, 9.17) is 23.2 Å². The van der Waals surface area contributed by atoms with Crippen molar-refractivity contribution in [3.05, 3.63) is 28.8 Å². The van der Waals surface area contributed by atoms with E-state index in [1.54, 1.807) is 11.5 Å². The number of benzene rings is 1. The van der Waals surface area contributed by atoms with Crippen molar-refractivity contribution < 1.29 is 12.8 Å². The first-order valence-corrected chi connectivity index (χ1v) is 9.23. The van der Waals surface area contributed by atoms with Crippen molar-refractivity contribution in [3.8, 4) is 0 Å². The number of hydrogen-bond acceptors (Lipinski definition) is 3. The highest BCUT2D eigenvalue weighted by atomic mass is 35.5. The maximum absolute atomic E-state index is 13.5. The number of alkyl halides is 1. The average Bonchev–Trinajstić information content (AvgIpc) is 2.67. The van der Waals surface area contributed by atoms with Crippen molar-refractivity contribution >= 4 is 44.1 Å². The lowest BCUT2D eigenvalue weighted by molar-refractivity contribution is 0.590. The molecule has 21 heavy (non-hydrogen) atoms. The molecule has 2 rings (SSSR count). The highest BCUT2D eigenvalue weighted by molar-refractivity contribution is 7.90. The molecule has 2 aromatic rings. The number of imidazole rings is 1. The zero-order valence-electron chi connectivity index (χ0n) is 11.6. The topological polar surface area (TPSA) is 52.0 Å². The minimum Gasteiger partial charge on any atom is -0.327 e. The quantitative estimate of drug-likeness (QED) is 0.773. The second-order valence-electron chi connectivity index (χ2n) is 4.98. The lowest BCUT2D eigenvalue weighted by Crippen LogP contribution is -2.10. The molecule has 1 aromatic heterocycles. The molecular formula is C13H15Cl2FN2O2S. The highest BCUT2D eigenvalue weighted by Gasteiger charge is 2.17. The molecule has 0 N–H and O–H groups in total. The van der Waals surface area contributed by atoms with Crippen molar-refractivity contribution in [3.63, 3.8) is 0 Å². The summed E-state index contributed by atoms with van der Waals surface area (Å²) in [6.45, 7) is 2.19. The molecular weight excluding hydrogens is 338 g/mol. The highest BCUT2D eigenvalue weighted by Crippen LogP contribution is 2.28. The van der Waals surface area contributed by atoms with Crippen LogP contribution in [0.2, 0.25) is 5.02 Å². The van der Waals surface area contributed by atoms with Gasteiger partial charge < -0.3 is 4.57 Å². The fraction of sp³-hybridized carbons (Fsp3) is 0.462. The molecule has 1 unspecified atom stereocenters. The Hall–Kier alpha value is -0.850. The summed E-state index contributed by atoms with van der Waals surface area (Å²) in [5, 5.41) is -0.377. The molecule has 8 heteroatoms. The number of nitrogens with zero attached hydrogens (tertiary/aromatic N) is 2. The summed E-state index contributed by atoms with van der Waals surface area (Å²) in [4.78, 5) is 4.31. The number of sulfone groups is 1. The van der Waals surface area contributed by atoms with Crippen LogP contribution in [0.3, 0.4) is 0 Å². The van der Waals surface area contributed by atoms with Crippen LogP contribution >= 0.6 is 23.2 Å². The van der Waals surface area contributed by atoms with Crippen LogP contribution in [0.4, 0.5) is 4.39 Å². The van der Waals surface area contributed by atoms with Crippen LogP contribution in [-0.2, 0) is 16.4 Å². The second kappa shape index (κ2) is 6.10. The van der Waals surface area contributed by atoms with E-state index < -0.39 is 15.7 Å². The first kappa shape index (κ1) is 16.5. The number of halogens is 3. The van der Waals surface area contributed by atoms with Crippen LogP contribution in [0.1, 0.15) is 24.5 Å². The lowest BCUT2D eigenvalue weighted by Gasteiger charge is -2.10. The molecule has 1 heterocycles. The monoisotopic (exact) mass is 352 g/mol. The van der Waals surface area contributed by atoms with Crippen molar-refractivity contribution in [2.75, 3.05) is 12.0 Å². The molecule has 0 amide bonds. The smallest absolute Gasteiger partial charge is 0.147 e. The summed E-state index contributed by atoms with van der Waals surface area (Å²) in [6.07, 6.45) is 1.62. The van der Waals surface area contributed by atoms with Gasteiger partial charge in [-0.15, -0.1) is 11.6 Å². The molecule has 0 aliphatic heterocycles. The first-order valence-electron chi connectivity index (χ1n) is 6.36. The third kappa shape index (κ3) is 3.87.